The van der Waals surface area contributed by atoms with Crippen LogP contribution in [0.1, 0.15) is 35.4 Å². The van der Waals surface area contributed by atoms with Crippen molar-refractivity contribution in [3.8, 4) is 12.3 Å². The van der Waals surface area contributed by atoms with E-state index in [1.807, 2.05) is 32.0 Å². The maximum absolute atomic E-state index is 10.8. The van der Waals surface area contributed by atoms with Crippen LogP contribution in [0.4, 0.5) is 0 Å². The average Bonchev–Trinajstić information content (AvgIpc) is 2.85. The summed E-state index contributed by atoms with van der Waals surface area (Å²) in [5.41, 5.74) is 4.22. The van der Waals surface area contributed by atoms with Gasteiger partial charge in [0.1, 0.15) is 10.1 Å². The zero-order valence-electron chi connectivity index (χ0n) is 17.3. The summed E-state index contributed by atoms with van der Waals surface area (Å²) in [6.07, 6.45) is 7.04. The van der Waals surface area contributed by atoms with E-state index in [0.29, 0.717) is 11.1 Å². The van der Waals surface area contributed by atoms with Crippen molar-refractivity contribution in [3.63, 3.8) is 0 Å². The summed E-state index contributed by atoms with van der Waals surface area (Å²) in [5, 5.41) is 0. The summed E-state index contributed by atoms with van der Waals surface area (Å²) in [7, 11) is -4.33. The summed E-state index contributed by atoms with van der Waals surface area (Å²) in [6, 6.07) is 11.5. The average molecular weight is 414 g/mol. The van der Waals surface area contributed by atoms with Crippen molar-refractivity contribution in [1.82, 2.24) is 4.68 Å². The van der Waals surface area contributed by atoms with Crippen molar-refractivity contribution in [2.24, 2.45) is 0 Å². The second-order valence-corrected chi connectivity index (χ2v) is 8.36. The lowest BCUT2D eigenvalue weighted by molar-refractivity contribution is -0.678. The normalized spacial score (nSPS) is 11.0. The fraction of sp³-hybridized carbons (Fsp3) is 0.318. The Balaban J connectivity index is 0.000000212. The number of aromatic nitrogens is 2. The molecule has 1 heterocycles. The third-order valence-corrected chi connectivity index (χ3v) is 5.87. The molecule has 7 heteroatoms. The minimum atomic E-state index is -4.33. The Kier molecular flexibility index (Phi) is 7.07. The molecule has 6 nitrogen and oxygen atoms in total. The van der Waals surface area contributed by atoms with Crippen LogP contribution >= 0.6 is 0 Å². The molecule has 3 rings (SSSR count). The largest absolute Gasteiger partial charge is 0.744 e. The van der Waals surface area contributed by atoms with Gasteiger partial charge in [-0.2, -0.15) is 0 Å². The molecular weight excluding hydrogens is 386 g/mol. The van der Waals surface area contributed by atoms with Gasteiger partial charge in [-0.15, -0.1) is 17.0 Å². The van der Waals surface area contributed by atoms with Crippen molar-refractivity contribution in [2.75, 3.05) is 5.84 Å². The molecule has 29 heavy (non-hydrogen) atoms. The topological polar surface area (TPSA) is 92.0 Å². The first-order chi connectivity index (χ1) is 13.6. The summed E-state index contributed by atoms with van der Waals surface area (Å²) in [4.78, 5) is -0.0851. The van der Waals surface area contributed by atoms with Crippen LogP contribution in [0.3, 0.4) is 0 Å². The molecule has 0 saturated carbocycles. The van der Waals surface area contributed by atoms with Gasteiger partial charge < -0.3 is 4.55 Å². The number of hydrogen-bond acceptors (Lipinski definition) is 4. The zero-order valence-corrected chi connectivity index (χ0v) is 18.1. The van der Waals surface area contributed by atoms with Gasteiger partial charge >= 0.3 is 0 Å². The van der Waals surface area contributed by atoms with Gasteiger partial charge in [-0.25, -0.2) is 13.0 Å². The maximum Gasteiger partial charge on any atom is 0.277 e. The molecule has 0 aliphatic heterocycles. The molecule has 2 N–H and O–H groups in total. The van der Waals surface area contributed by atoms with Gasteiger partial charge in [-0.3, -0.25) is 5.84 Å². The minimum Gasteiger partial charge on any atom is -0.744 e. The third kappa shape index (κ3) is 5.17. The number of terminal acetylenes is 1. The van der Waals surface area contributed by atoms with Crippen molar-refractivity contribution in [2.45, 2.75) is 52.0 Å². The minimum absolute atomic E-state index is 0.0851. The lowest BCUT2D eigenvalue weighted by Gasteiger charge is -2.14. The molecule has 0 spiro atoms. The molecule has 0 aliphatic rings. The van der Waals surface area contributed by atoms with Gasteiger partial charge in [0.05, 0.1) is 11.4 Å². The van der Waals surface area contributed by atoms with Crippen LogP contribution in [0.15, 0.2) is 41.3 Å². The molecule has 2 aromatic carbocycles. The number of aryl methyl sites for hydroxylation is 4. The maximum atomic E-state index is 10.8. The summed E-state index contributed by atoms with van der Waals surface area (Å²) in [5.74, 6) is 9.71. The molecule has 0 saturated heterocycles. The van der Waals surface area contributed by atoms with E-state index in [2.05, 4.69) is 16.6 Å². The van der Waals surface area contributed by atoms with E-state index in [9.17, 15) is 13.0 Å². The van der Waals surface area contributed by atoms with Crippen molar-refractivity contribution in [1.29, 1.82) is 0 Å². The number of para-hydroxylation sites is 2. The SMILES string of the molecule is C#CCCC[n+]1c(C)n(N)c2ccccc21.Cc1cc(C)c(S(=O)(=O)[O-])c(C)c1. The molecule has 0 unspecified atom stereocenters. The quantitative estimate of drug-likeness (QED) is 0.234. The Labute approximate surface area is 172 Å². The van der Waals surface area contributed by atoms with Gasteiger partial charge in [0, 0.05) is 13.3 Å². The van der Waals surface area contributed by atoms with Gasteiger partial charge in [0.15, 0.2) is 11.0 Å². The lowest BCUT2D eigenvalue weighted by atomic mass is 10.1. The highest BCUT2D eigenvalue weighted by Crippen LogP contribution is 2.20. The Bertz CT molecular complexity index is 1150. The van der Waals surface area contributed by atoms with Crippen LogP contribution in [0.25, 0.3) is 11.0 Å². The van der Waals surface area contributed by atoms with Crippen LogP contribution in [-0.2, 0) is 16.7 Å². The van der Waals surface area contributed by atoms with Crippen LogP contribution in [-0.4, -0.2) is 17.6 Å². The van der Waals surface area contributed by atoms with Crippen LogP contribution in [0.5, 0.6) is 0 Å². The van der Waals surface area contributed by atoms with E-state index in [-0.39, 0.29) is 4.90 Å². The molecule has 0 bridgehead atoms. The Hall–Kier alpha value is -2.82. The van der Waals surface area contributed by atoms with E-state index in [0.717, 1.165) is 36.3 Å². The van der Waals surface area contributed by atoms with Crippen molar-refractivity contribution in [3.05, 3.63) is 58.9 Å². The number of nitrogens with two attached hydrogens (primary N) is 1. The highest BCUT2D eigenvalue weighted by Gasteiger charge is 2.18. The fourth-order valence-corrected chi connectivity index (χ4v) is 4.46. The van der Waals surface area contributed by atoms with Crippen LogP contribution in [0, 0.1) is 40.0 Å². The van der Waals surface area contributed by atoms with E-state index in [1.165, 1.54) is 5.52 Å². The summed E-state index contributed by atoms with van der Waals surface area (Å²) in [6.45, 7) is 8.06. The first-order valence-corrected chi connectivity index (χ1v) is 10.7. The predicted molar refractivity (Wildman–Crippen MR) is 114 cm³/mol. The number of rotatable bonds is 4. The second kappa shape index (κ2) is 9.12. The molecule has 0 amide bonds. The fourth-order valence-electron chi connectivity index (χ4n) is 3.56. The number of imidazole rings is 1. The van der Waals surface area contributed by atoms with Gasteiger partial charge in [-0.1, -0.05) is 29.8 Å². The highest BCUT2D eigenvalue weighted by molar-refractivity contribution is 7.85. The zero-order chi connectivity index (χ0) is 21.8. The molecule has 0 fully saturated rings. The highest BCUT2D eigenvalue weighted by atomic mass is 32.2. The Morgan fingerprint density at radius 1 is 1.14 bits per heavy atom. The van der Waals surface area contributed by atoms with E-state index in [1.54, 1.807) is 30.7 Å². The molecule has 3 aromatic rings. The number of hydrogen-bond donors (Lipinski definition) is 1. The van der Waals surface area contributed by atoms with Gasteiger partial charge in [0.25, 0.3) is 5.82 Å². The standard InChI is InChI=1S/C13H16N3.C9H12O3S/c1-3-4-7-10-15-11(2)16(14)13-9-6-5-8-12(13)15;1-6-4-7(2)9(8(3)5-6)13(10,11)12/h1,5-6,8-9H,4,7,10,14H2,2H3;4-5H,1-3H3,(H,10,11,12)/q+1;/p-1. The van der Waals surface area contributed by atoms with Crippen molar-refractivity contribution >= 4 is 21.2 Å². The molecule has 0 aliphatic carbocycles. The molecule has 1 aromatic heterocycles. The third-order valence-electron chi connectivity index (χ3n) is 4.73. The van der Waals surface area contributed by atoms with E-state index < -0.39 is 10.1 Å². The smallest absolute Gasteiger partial charge is 0.277 e. The van der Waals surface area contributed by atoms with Gasteiger partial charge in [-0.05, 0) is 50.5 Å². The number of benzene rings is 2. The van der Waals surface area contributed by atoms with Gasteiger partial charge in [0.2, 0.25) is 0 Å². The molecule has 0 radical (unpaired) electrons. The Morgan fingerprint density at radius 2 is 1.72 bits per heavy atom. The van der Waals surface area contributed by atoms with Crippen LogP contribution in [0.2, 0.25) is 0 Å². The number of unbranched alkanes of at least 4 members (excludes halogenated alkanes) is 1. The summed E-state index contributed by atoms with van der Waals surface area (Å²) < 4.78 is 36.4. The first kappa shape index (κ1) is 22.5. The second-order valence-electron chi connectivity index (χ2n) is 7.05. The molecule has 0 atom stereocenters. The Morgan fingerprint density at radius 3 is 2.28 bits per heavy atom. The monoisotopic (exact) mass is 413 g/mol. The first-order valence-electron chi connectivity index (χ1n) is 9.30. The number of fused-ring (bicyclic) bond motifs is 1. The number of nitrogen functional groups attached to an aromatic ring is 1. The lowest BCUT2D eigenvalue weighted by Crippen LogP contribution is -2.37. The molecule has 154 valence electrons. The summed E-state index contributed by atoms with van der Waals surface area (Å²) >= 11 is 0. The molecular formula is C22H27N3O3S. The van der Waals surface area contributed by atoms with Crippen molar-refractivity contribution < 1.29 is 17.5 Å². The van der Waals surface area contributed by atoms with Crippen LogP contribution < -0.4 is 10.4 Å². The number of nitrogens with zero attached hydrogens (tertiary/aromatic N) is 2. The van der Waals surface area contributed by atoms with E-state index in [4.69, 9.17) is 12.3 Å². The predicted octanol–water partition coefficient (Wildman–Crippen LogP) is 2.88. The van der Waals surface area contributed by atoms with E-state index >= 15 is 0 Å².